The summed E-state index contributed by atoms with van der Waals surface area (Å²) >= 11 is 0. The van der Waals surface area contributed by atoms with Crippen LogP contribution in [0.2, 0.25) is 0 Å². The van der Waals surface area contributed by atoms with Gasteiger partial charge in [-0.15, -0.1) is 12.4 Å². The number of amides is 2. The Bertz CT molecular complexity index is 758. The fourth-order valence-corrected chi connectivity index (χ4v) is 4.37. The lowest BCUT2D eigenvalue weighted by molar-refractivity contribution is -0.133. The van der Waals surface area contributed by atoms with Crippen LogP contribution >= 0.6 is 12.4 Å². The second kappa shape index (κ2) is 6.46. The summed E-state index contributed by atoms with van der Waals surface area (Å²) in [4.78, 5) is 23.1. The van der Waals surface area contributed by atoms with Gasteiger partial charge in [0.05, 0.1) is 11.3 Å². The third-order valence-corrected chi connectivity index (χ3v) is 5.90. The largest absolute Gasteiger partial charge is 0.373 e. The number of carbonyl (C=O) groups excluding carboxylic acids is 2. The van der Waals surface area contributed by atoms with Crippen molar-refractivity contribution in [3.05, 3.63) is 29.3 Å². The van der Waals surface area contributed by atoms with E-state index in [-0.39, 0.29) is 24.2 Å². The van der Waals surface area contributed by atoms with E-state index in [1.54, 1.807) is 12.1 Å². The SMILES string of the molecule is Cc1cc([C@]23CCNC[C@H]2C3(F)F)ccc1N[C@H]1CCC(=O)NC1=O.Cl. The Kier molecular flexibility index (Phi) is 4.73. The highest BCUT2D eigenvalue weighted by atomic mass is 35.5. The van der Waals surface area contributed by atoms with E-state index < -0.39 is 23.3 Å². The Morgan fingerprint density at radius 3 is 2.69 bits per heavy atom. The minimum absolute atomic E-state index is 0. The molecule has 3 aliphatic rings. The van der Waals surface area contributed by atoms with Crippen LogP contribution in [-0.2, 0) is 15.0 Å². The smallest absolute Gasteiger partial charge is 0.263 e. The molecule has 1 aromatic rings. The number of benzene rings is 1. The highest BCUT2D eigenvalue weighted by Crippen LogP contribution is 2.69. The van der Waals surface area contributed by atoms with Crippen molar-refractivity contribution in [1.82, 2.24) is 10.6 Å². The molecule has 0 radical (unpaired) electrons. The van der Waals surface area contributed by atoms with Crippen molar-refractivity contribution in [1.29, 1.82) is 0 Å². The molecule has 0 aromatic heterocycles. The molecule has 26 heavy (non-hydrogen) atoms. The van der Waals surface area contributed by atoms with Crippen molar-refractivity contribution in [3.63, 3.8) is 0 Å². The first-order valence-electron chi connectivity index (χ1n) is 8.66. The molecule has 0 spiro atoms. The van der Waals surface area contributed by atoms with Crippen molar-refractivity contribution in [2.45, 2.75) is 43.6 Å². The number of rotatable bonds is 3. The second-order valence-corrected chi connectivity index (χ2v) is 7.28. The molecule has 2 aliphatic heterocycles. The number of fused-ring (bicyclic) bond motifs is 1. The standard InChI is InChI=1S/C18H21F2N3O2.ClH/c1-10-8-11(17-6-7-21-9-14(17)18(17,19)20)2-3-12(10)22-13-4-5-15(24)23-16(13)25;/h2-3,8,13-14,21-22H,4-7,9H2,1H3,(H,23,24,25);1H/t13-,14+,17+;/m0./s1. The summed E-state index contributed by atoms with van der Waals surface area (Å²) in [6.45, 7) is 2.80. The lowest BCUT2D eigenvalue weighted by atomic mass is 9.86. The van der Waals surface area contributed by atoms with Gasteiger partial charge in [0, 0.05) is 18.7 Å². The van der Waals surface area contributed by atoms with Crippen molar-refractivity contribution in [2.75, 3.05) is 18.4 Å². The Morgan fingerprint density at radius 2 is 2.04 bits per heavy atom. The molecule has 142 valence electrons. The van der Waals surface area contributed by atoms with Crippen LogP contribution in [0.25, 0.3) is 0 Å². The number of halogens is 3. The van der Waals surface area contributed by atoms with Gasteiger partial charge in [0.25, 0.3) is 5.92 Å². The molecule has 8 heteroatoms. The molecule has 3 atom stereocenters. The van der Waals surface area contributed by atoms with Crippen LogP contribution in [0.3, 0.4) is 0 Å². The highest BCUT2D eigenvalue weighted by Gasteiger charge is 2.80. The van der Waals surface area contributed by atoms with E-state index in [2.05, 4.69) is 16.0 Å². The monoisotopic (exact) mass is 385 g/mol. The minimum Gasteiger partial charge on any atom is -0.373 e. The Balaban J connectivity index is 0.00000196. The highest BCUT2D eigenvalue weighted by molar-refractivity contribution is 6.01. The van der Waals surface area contributed by atoms with Crippen LogP contribution in [0.15, 0.2) is 18.2 Å². The number of alkyl halides is 2. The molecule has 1 saturated carbocycles. The van der Waals surface area contributed by atoms with Gasteiger partial charge >= 0.3 is 0 Å². The van der Waals surface area contributed by atoms with Crippen molar-refractivity contribution in [3.8, 4) is 0 Å². The van der Waals surface area contributed by atoms with Crippen LogP contribution in [0.4, 0.5) is 14.5 Å². The third kappa shape index (κ3) is 2.68. The summed E-state index contributed by atoms with van der Waals surface area (Å²) in [5, 5.41) is 8.49. The molecule has 2 amide bonds. The maximum absolute atomic E-state index is 14.4. The van der Waals surface area contributed by atoms with E-state index >= 15 is 0 Å². The molecule has 3 N–H and O–H groups in total. The lowest BCUT2D eigenvalue weighted by Gasteiger charge is -2.25. The molecule has 4 rings (SSSR count). The van der Waals surface area contributed by atoms with E-state index in [0.29, 0.717) is 37.9 Å². The zero-order valence-corrected chi connectivity index (χ0v) is 15.2. The fraction of sp³-hybridized carbons (Fsp3) is 0.556. The summed E-state index contributed by atoms with van der Waals surface area (Å²) in [6, 6.07) is 4.86. The van der Waals surface area contributed by atoms with Crippen LogP contribution in [0.1, 0.15) is 30.4 Å². The van der Waals surface area contributed by atoms with Gasteiger partial charge in [-0.3, -0.25) is 14.9 Å². The first-order chi connectivity index (χ1) is 11.9. The van der Waals surface area contributed by atoms with Crippen molar-refractivity contribution < 1.29 is 18.4 Å². The van der Waals surface area contributed by atoms with Crippen LogP contribution in [0.5, 0.6) is 0 Å². The van der Waals surface area contributed by atoms with Gasteiger partial charge in [0.1, 0.15) is 6.04 Å². The van der Waals surface area contributed by atoms with Crippen LogP contribution < -0.4 is 16.0 Å². The first-order valence-corrected chi connectivity index (χ1v) is 8.66. The number of anilines is 1. The number of carbonyl (C=O) groups is 2. The van der Waals surface area contributed by atoms with Gasteiger partial charge in [0.15, 0.2) is 0 Å². The molecular formula is C18H22ClF2N3O2. The number of imide groups is 1. The quantitative estimate of drug-likeness (QED) is 0.697. The van der Waals surface area contributed by atoms with Crippen LogP contribution in [-0.4, -0.2) is 36.9 Å². The second-order valence-electron chi connectivity index (χ2n) is 7.28. The van der Waals surface area contributed by atoms with Gasteiger partial charge in [-0.05, 0) is 43.5 Å². The van der Waals surface area contributed by atoms with E-state index in [1.165, 1.54) is 0 Å². The van der Waals surface area contributed by atoms with Crippen LogP contribution in [0, 0.1) is 12.8 Å². The molecular weight excluding hydrogens is 364 g/mol. The summed E-state index contributed by atoms with van der Waals surface area (Å²) in [5.41, 5.74) is 1.20. The van der Waals surface area contributed by atoms with Gasteiger partial charge in [-0.1, -0.05) is 12.1 Å². The Morgan fingerprint density at radius 1 is 1.27 bits per heavy atom. The molecule has 0 unspecified atom stereocenters. The average Bonchev–Trinajstić information content (AvgIpc) is 3.09. The number of aryl methyl sites for hydroxylation is 1. The summed E-state index contributed by atoms with van der Waals surface area (Å²) < 4.78 is 28.8. The number of piperidine rings is 2. The number of hydrogen-bond donors (Lipinski definition) is 3. The Labute approximate surface area is 156 Å². The molecule has 2 heterocycles. The maximum atomic E-state index is 14.4. The zero-order chi connectivity index (χ0) is 17.8. The van der Waals surface area contributed by atoms with Gasteiger partial charge in [-0.25, -0.2) is 8.78 Å². The molecule has 0 bridgehead atoms. The normalized spacial score (nSPS) is 32.1. The first kappa shape index (κ1) is 19.0. The summed E-state index contributed by atoms with van der Waals surface area (Å²) in [5.74, 6) is -3.91. The molecule has 1 aliphatic carbocycles. The van der Waals surface area contributed by atoms with E-state index in [1.807, 2.05) is 13.0 Å². The van der Waals surface area contributed by atoms with E-state index in [9.17, 15) is 18.4 Å². The Hall–Kier alpha value is -1.73. The molecule has 1 aromatic carbocycles. The lowest BCUT2D eigenvalue weighted by Crippen LogP contribution is -2.47. The summed E-state index contributed by atoms with van der Waals surface area (Å²) in [6.07, 6.45) is 1.16. The van der Waals surface area contributed by atoms with E-state index in [0.717, 1.165) is 11.3 Å². The topological polar surface area (TPSA) is 70.2 Å². The van der Waals surface area contributed by atoms with E-state index in [4.69, 9.17) is 0 Å². The van der Waals surface area contributed by atoms with Crippen molar-refractivity contribution >= 4 is 29.9 Å². The zero-order valence-electron chi connectivity index (χ0n) is 14.4. The average molecular weight is 386 g/mol. The third-order valence-electron chi connectivity index (χ3n) is 5.90. The maximum Gasteiger partial charge on any atom is 0.263 e. The minimum atomic E-state index is -2.67. The predicted octanol–water partition coefficient (Wildman–Crippen LogP) is 2.13. The van der Waals surface area contributed by atoms with Gasteiger partial charge in [0.2, 0.25) is 11.8 Å². The number of nitrogens with one attached hydrogen (secondary N) is 3. The predicted molar refractivity (Wildman–Crippen MR) is 95.8 cm³/mol. The summed E-state index contributed by atoms with van der Waals surface area (Å²) in [7, 11) is 0. The van der Waals surface area contributed by atoms with Gasteiger partial charge in [-0.2, -0.15) is 0 Å². The molecule has 2 saturated heterocycles. The molecule has 5 nitrogen and oxygen atoms in total. The number of hydrogen-bond acceptors (Lipinski definition) is 4. The van der Waals surface area contributed by atoms with Gasteiger partial charge < -0.3 is 10.6 Å². The fourth-order valence-electron chi connectivity index (χ4n) is 4.37. The molecule has 3 fully saturated rings. The van der Waals surface area contributed by atoms with Crippen molar-refractivity contribution in [2.24, 2.45) is 5.92 Å².